The molecule has 1 aromatic carbocycles. The van der Waals surface area contributed by atoms with Gasteiger partial charge in [-0.3, -0.25) is 4.79 Å². The van der Waals surface area contributed by atoms with E-state index in [1.807, 2.05) is 0 Å². The molecule has 2 aliphatic rings. The molecule has 0 radical (unpaired) electrons. The van der Waals surface area contributed by atoms with E-state index in [4.69, 9.17) is 0 Å². The largest absolute Gasteiger partial charge is 0.396 e. The Balaban J connectivity index is 0.00000192. The van der Waals surface area contributed by atoms with Gasteiger partial charge in [0.05, 0.1) is 0 Å². The van der Waals surface area contributed by atoms with Crippen LogP contribution in [0.5, 0.6) is 0 Å². The van der Waals surface area contributed by atoms with Crippen molar-refractivity contribution in [2.24, 2.45) is 11.3 Å². The summed E-state index contributed by atoms with van der Waals surface area (Å²) in [5.74, 6) is -2.33. The Morgan fingerprint density at radius 2 is 1.91 bits per heavy atom. The third kappa shape index (κ3) is 3.20. The number of rotatable bonds is 2. The molecule has 1 aromatic rings. The molecule has 4 nitrogen and oxygen atoms in total. The van der Waals surface area contributed by atoms with Crippen LogP contribution in [0.4, 0.5) is 8.78 Å². The minimum atomic E-state index is -0.836. The predicted octanol–water partition coefficient (Wildman–Crippen LogP) is 1.82. The molecule has 7 heteroatoms. The van der Waals surface area contributed by atoms with Gasteiger partial charge < -0.3 is 15.3 Å². The standard InChI is InChI=1S/C16H20F2N2O2.ClH/c17-12-2-1-3-13(18)14(12)15(22)20-8-11(9-21)16(10-20)4-6-19-7-5-16;/h1-3,11,19,21H,4-10H2;1H. The molecule has 2 fully saturated rings. The maximum atomic E-state index is 13.8. The summed E-state index contributed by atoms with van der Waals surface area (Å²) < 4.78 is 27.6. The lowest BCUT2D eigenvalue weighted by Gasteiger charge is -2.37. The number of nitrogens with one attached hydrogen (secondary N) is 1. The van der Waals surface area contributed by atoms with Crippen LogP contribution in [0.3, 0.4) is 0 Å². The molecule has 0 bridgehead atoms. The summed E-state index contributed by atoms with van der Waals surface area (Å²) >= 11 is 0. The first-order valence-corrected chi connectivity index (χ1v) is 7.62. The van der Waals surface area contributed by atoms with E-state index in [1.54, 1.807) is 0 Å². The van der Waals surface area contributed by atoms with E-state index >= 15 is 0 Å². The second kappa shape index (κ2) is 7.11. The zero-order chi connectivity index (χ0) is 15.7. The van der Waals surface area contributed by atoms with Gasteiger partial charge in [-0.2, -0.15) is 0 Å². The molecule has 2 N–H and O–H groups in total. The number of aliphatic hydroxyl groups is 1. The fraction of sp³-hybridized carbons (Fsp3) is 0.562. The normalized spacial score (nSPS) is 22.9. The molecule has 0 aromatic heterocycles. The number of likely N-dealkylation sites (tertiary alicyclic amines) is 1. The van der Waals surface area contributed by atoms with Gasteiger partial charge in [-0.25, -0.2) is 8.78 Å². The number of carbonyl (C=O) groups excluding carboxylic acids is 1. The van der Waals surface area contributed by atoms with E-state index in [1.165, 1.54) is 11.0 Å². The molecule has 1 spiro atoms. The maximum Gasteiger partial charge on any atom is 0.259 e. The molecule has 0 saturated carbocycles. The summed E-state index contributed by atoms with van der Waals surface area (Å²) in [6.45, 7) is 2.47. The van der Waals surface area contributed by atoms with Gasteiger partial charge in [-0.1, -0.05) is 6.07 Å². The maximum absolute atomic E-state index is 13.8. The number of piperidine rings is 1. The summed E-state index contributed by atoms with van der Waals surface area (Å²) in [6.07, 6.45) is 1.73. The van der Waals surface area contributed by atoms with E-state index in [0.717, 1.165) is 38.1 Å². The first-order chi connectivity index (χ1) is 10.6. The molecule has 1 unspecified atom stereocenters. The Bertz CT molecular complexity index is 559. The summed E-state index contributed by atoms with van der Waals surface area (Å²) in [5, 5.41) is 12.9. The summed E-state index contributed by atoms with van der Waals surface area (Å²) in [5.41, 5.74) is -0.637. The zero-order valence-corrected chi connectivity index (χ0v) is 13.5. The predicted molar refractivity (Wildman–Crippen MR) is 84.6 cm³/mol. The zero-order valence-electron chi connectivity index (χ0n) is 12.7. The third-order valence-corrected chi connectivity index (χ3v) is 5.10. The third-order valence-electron chi connectivity index (χ3n) is 5.10. The molecule has 2 saturated heterocycles. The van der Waals surface area contributed by atoms with Crippen LogP contribution in [0.2, 0.25) is 0 Å². The van der Waals surface area contributed by atoms with Gasteiger partial charge in [0, 0.05) is 25.6 Å². The summed E-state index contributed by atoms with van der Waals surface area (Å²) in [4.78, 5) is 14.0. The molecular formula is C16H21ClF2N2O2. The van der Waals surface area contributed by atoms with Crippen molar-refractivity contribution in [1.82, 2.24) is 10.2 Å². The van der Waals surface area contributed by atoms with Gasteiger partial charge in [0.25, 0.3) is 5.91 Å². The van der Waals surface area contributed by atoms with Gasteiger partial charge in [-0.15, -0.1) is 12.4 Å². The highest BCUT2D eigenvalue weighted by molar-refractivity contribution is 5.95. The van der Waals surface area contributed by atoms with Crippen LogP contribution in [0, 0.1) is 23.0 Å². The van der Waals surface area contributed by atoms with Crippen molar-refractivity contribution in [3.8, 4) is 0 Å². The molecule has 23 heavy (non-hydrogen) atoms. The molecule has 2 heterocycles. The number of halogens is 3. The van der Waals surface area contributed by atoms with Crippen LogP contribution in [0.25, 0.3) is 0 Å². The minimum Gasteiger partial charge on any atom is -0.396 e. The van der Waals surface area contributed by atoms with Crippen molar-refractivity contribution < 1.29 is 18.7 Å². The van der Waals surface area contributed by atoms with E-state index in [2.05, 4.69) is 5.32 Å². The second-order valence-electron chi connectivity index (χ2n) is 6.27. The number of nitrogens with zero attached hydrogens (tertiary/aromatic N) is 1. The van der Waals surface area contributed by atoms with Crippen molar-refractivity contribution in [2.45, 2.75) is 12.8 Å². The van der Waals surface area contributed by atoms with E-state index in [9.17, 15) is 18.7 Å². The molecular weight excluding hydrogens is 326 g/mol. The SMILES string of the molecule is Cl.O=C(c1c(F)cccc1F)N1CC(CO)C2(CCNCC2)C1. The van der Waals surface area contributed by atoms with Crippen LogP contribution in [-0.4, -0.2) is 48.7 Å². The van der Waals surface area contributed by atoms with Crippen molar-refractivity contribution >= 4 is 18.3 Å². The van der Waals surface area contributed by atoms with Crippen LogP contribution in [0.15, 0.2) is 18.2 Å². The van der Waals surface area contributed by atoms with Gasteiger partial charge in [0.1, 0.15) is 17.2 Å². The molecule has 1 atom stereocenters. The van der Waals surface area contributed by atoms with E-state index in [-0.39, 0.29) is 30.3 Å². The monoisotopic (exact) mass is 346 g/mol. The summed E-state index contributed by atoms with van der Waals surface area (Å²) in [7, 11) is 0. The number of hydrogen-bond donors (Lipinski definition) is 2. The van der Waals surface area contributed by atoms with Crippen LogP contribution >= 0.6 is 12.4 Å². The smallest absolute Gasteiger partial charge is 0.259 e. The summed E-state index contributed by atoms with van der Waals surface area (Å²) in [6, 6.07) is 3.43. The highest BCUT2D eigenvalue weighted by Crippen LogP contribution is 2.43. The average Bonchev–Trinajstić information content (AvgIpc) is 2.86. The first-order valence-electron chi connectivity index (χ1n) is 7.62. The lowest BCUT2D eigenvalue weighted by Crippen LogP contribution is -2.43. The Morgan fingerprint density at radius 3 is 2.48 bits per heavy atom. The fourth-order valence-electron chi connectivity index (χ4n) is 3.79. The van der Waals surface area contributed by atoms with Crippen molar-refractivity contribution in [3.05, 3.63) is 35.4 Å². The number of benzene rings is 1. The van der Waals surface area contributed by atoms with Crippen LogP contribution in [-0.2, 0) is 0 Å². The quantitative estimate of drug-likeness (QED) is 0.859. The number of amides is 1. The highest BCUT2D eigenvalue weighted by atomic mass is 35.5. The van der Waals surface area contributed by atoms with Crippen molar-refractivity contribution in [2.75, 3.05) is 32.8 Å². The van der Waals surface area contributed by atoms with Gasteiger partial charge in [0.15, 0.2) is 0 Å². The Hall–Kier alpha value is -1.24. The number of aliphatic hydroxyl groups excluding tert-OH is 1. The average molecular weight is 347 g/mol. The van der Waals surface area contributed by atoms with Crippen molar-refractivity contribution in [1.29, 1.82) is 0 Å². The molecule has 3 rings (SSSR count). The highest BCUT2D eigenvalue weighted by Gasteiger charge is 2.48. The minimum absolute atomic E-state index is 0. The number of carbonyl (C=O) groups is 1. The van der Waals surface area contributed by atoms with Crippen molar-refractivity contribution in [3.63, 3.8) is 0 Å². The van der Waals surface area contributed by atoms with Gasteiger partial charge >= 0.3 is 0 Å². The van der Waals surface area contributed by atoms with Crippen LogP contribution in [0.1, 0.15) is 23.2 Å². The lowest BCUT2D eigenvalue weighted by molar-refractivity contribution is 0.0746. The van der Waals surface area contributed by atoms with Gasteiger partial charge in [-0.05, 0) is 43.5 Å². The molecule has 1 amide bonds. The Morgan fingerprint density at radius 1 is 1.30 bits per heavy atom. The van der Waals surface area contributed by atoms with Gasteiger partial charge in [0.2, 0.25) is 0 Å². The number of hydrogen-bond acceptors (Lipinski definition) is 3. The Labute approximate surface area is 140 Å². The molecule has 2 aliphatic heterocycles. The van der Waals surface area contributed by atoms with E-state index < -0.39 is 23.1 Å². The molecule has 0 aliphatic carbocycles. The lowest BCUT2D eigenvalue weighted by atomic mass is 9.71. The Kier molecular flexibility index (Phi) is 5.60. The topological polar surface area (TPSA) is 52.6 Å². The second-order valence-corrected chi connectivity index (χ2v) is 6.27. The van der Waals surface area contributed by atoms with E-state index in [0.29, 0.717) is 13.1 Å². The first kappa shape index (κ1) is 18.1. The molecule has 128 valence electrons. The van der Waals surface area contributed by atoms with Crippen LogP contribution < -0.4 is 5.32 Å². The fourth-order valence-corrected chi connectivity index (χ4v) is 3.79.